The second-order valence-corrected chi connectivity index (χ2v) is 8.58. The third-order valence-electron chi connectivity index (χ3n) is 6.08. The lowest BCUT2D eigenvalue weighted by Crippen LogP contribution is -2.27. The number of hydrogen-bond donors (Lipinski definition) is 3. The molecule has 0 spiro atoms. The van der Waals surface area contributed by atoms with Crippen LogP contribution < -0.4 is 16.4 Å². The Balaban J connectivity index is 1.27. The standard InChI is InChI=1S/C28H23FN8O/c29-22-7-3-18(4-8-22)9-11-32-28(38)24-13-20(14-30)16-34-27(24)33-15-19-1-5-21(6-2-19)23-10-12-37-25(23)26(31)35-17-36-37/h1-8,10,12-13,16-17H,9,11,15H2,(H,32,38)(H,33,34)(H2,31,35,36). The van der Waals surface area contributed by atoms with Crippen molar-refractivity contribution in [1.82, 2.24) is 24.9 Å². The van der Waals surface area contributed by atoms with Gasteiger partial charge in [0.1, 0.15) is 29.5 Å². The summed E-state index contributed by atoms with van der Waals surface area (Å²) in [5.74, 6) is 0.118. The van der Waals surface area contributed by atoms with Gasteiger partial charge in [0.05, 0.1) is 11.1 Å². The predicted molar refractivity (Wildman–Crippen MR) is 142 cm³/mol. The van der Waals surface area contributed by atoms with Gasteiger partial charge in [-0.2, -0.15) is 10.4 Å². The molecule has 0 aliphatic rings. The summed E-state index contributed by atoms with van der Waals surface area (Å²) in [6.45, 7) is 0.767. The van der Waals surface area contributed by atoms with E-state index >= 15 is 0 Å². The molecule has 4 N–H and O–H groups in total. The van der Waals surface area contributed by atoms with E-state index in [-0.39, 0.29) is 22.9 Å². The van der Waals surface area contributed by atoms with Crippen LogP contribution in [0.1, 0.15) is 27.0 Å². The van der Waals surface area contributed by atoms with Gasteiger partial charge < -0.3 is 16.4 Å². The van der Waals surface area contributed by atoms with Gasteiger partial charge >= 0.3 is 0 Å². The van der Waals surface area contributed by atoms with Gasteiger partial charge in [-0.1, -0.05) is 36.4 Å². The molecule has 0 aliphatic carbocycles. The molecule has 0 radical (unpaired) electrons. The third-order valence-corrected chi connectivity index (χ3v) is 6.08. The average molecular weight is 507 g/mol. The van der Waals surface area contributed by atoms with Gasteiger partial charge in [-0.25, -0.2) is 18.9 Å². The summed E-state index contributed by atoms with van der Waals surface area (Å²) < 4.78 is 14.8. The van der Waals surface area contributed by atoms with Crippen LogP contribution in [0.4, 0.5) is 16.0 Å². The molecule has 0 fully saturated rings. The fraction of sp³-hybridized carbons (Fsp3) is 0.107. The van der Waals surface area contributed by atoms with Gasteiger partial charge in [0.15, 0.2) is 5.82 Å². The first-order chi connectivity index (χ1) is 18.5. The lowest BCUT2D eigenvalue weighted by Gasteiger charge is -2.12. The highest BCUT2D eigenvalue weighted by Gasteiger charge is 2.15. The molecule has 0 bridgehead atoms. The Labute approximate surface area is 217 Å². The number of benzene rings is 2. The largest absolute Gasteiger partial charge is 0.382 e. The summed E-state index contributed by atoms with van der Waals surface area (Å²) in [7, 11) is 0. The summed E-state index contributed by atoms with van der Waals surface area (Å²) in [6.07, 6.45) is 5.21. The van der Waals surface area contributed by atoms with Crippen LogP contribution in [-0.4, -0.2) is 32.0 Å². The number of halogens is 1. The number of nitriles is 1. The maximum Gasteiger partial charge on any atom is 0.255 e. The number of nitrogen functional groups attached to an aromatic ring is 1. The van der Waals surface area contributed by atoms with E-state index in [0.29, 0.717) is 31.1 Å². The van der Waals surface area contributed by atoms with Gasteiger partial charge in [0.2, 0.25) is 0 Å². The summed E-state index contributed by atoms with van der Waals surface area (Å²) in [5.41, 5.74) is 11.1. The molecule has 0 atom stereocenters. The molecule has 188 valence electrons. The molecule has 5 aromatic rings. The number of rotatable bonds is 8. The first-order valence-electron chi connectivity index (χ1n) is 11.9. The van der Waals surface area contributed by atoms with Crippen LogP contribution in [0.2, 0.25) is 0 Å². The molecule has 0 saturated carbocycles. The predicted octanol–water partition coefficient (Wildman–Crippen LogP) is 3.97. The Bertz CT molecular complexity index is 1640. The number of nitrogens with one attached hydrogen (secondary N) is 2. The Morgan fingerprint density at radius 3 is 2.58 bits per heavy atom. The van der Waals surface area contributed by atoms with Crippen LogP contribution in [0.15, 0.2) is 79.4 Å². The maximum atomic E-state index is 13.1. The second kappa shape index (κ2) is 10.8. The summed E-state index contributed by atoms with van der Waals surface area (Å²) in [4.78, 5) is 21.3. The lowest BCUT2D eigenvalue weighted by molar-refractivity contribution is 0.0954. The number of anilines is 2. The molecule has 3 aromatic heterocycles. The molecule has 0 aliphatic heterocycles. The zero-order valence-corrected chi connectivity index (χ0v) is 20.2. The monoisotopic (exact) mass is 506 g/mol. The Hall–Kier alpha value is -5.30. The molecular weight excluding hydrogens is 483 g/mol. The minimum atomic E-state index is -0.352. The molecule has 0 saturated heterocycles. The zero-order valence-electron chi connectivity index (χ0n) is 20.2. The molecule has 0 unspecified atom stereocenters. The number of nitrogens with two attached hydrogens (primary N) is 1. The quantitative estimate of drug-likeness (QED) is 0.290. The first kappa shape index (κ1) is 24.4. The third kappa shape index (κ3) is 5.27. The SMILES string of the molecule is N#Cc1cnc(NCc2ccc(-c3ccn4ncnc(N)c34)cc2)c(C(=O)NCCc2ccc(F)cc2)c1. The normalized spacial score (nSPS) is 10.7. The maximum absolute atomic E-state index is 13.1. The Morgan fingerprint density at radius 1 is 1.05 bits per heavy atom. The van der Waals surface area contributed by atoms with Gasteiger partial charge in [0, 0.05) is 31.0 Å². The molecule has 1 amide bonds. The molecule has 3 heterocycles. The van der Waals surface area contributed by atoms with Crippen LogP contribution in [0.3, 0.4) is 0 Å². The number of pyridine rings is 1. The van der Waals surface area contributed by atoms with Crippen molar-refractivity contribution >= 4 is 23.1 Å². The van der Waals surface area contributed by atoms with Crippen molar-refractivity contribution in [3.63, 3.8) is 0 Å². The van der Waals surface area contributed by atoms with Crippen molar-refractivity contribution in [2.75, 3.05) is 17.6 Å². The van der Waals surface area contributed by atoms with E-state index in [9.17, 15) is 14.4 Å². The molecular formula is C28H23FN8O. The number of hydrogen-bond acceptors (Lipinski definition) is 7. The van der Waals surface area contributed by atoms with Crippen molar-refractivity contribution < 1.29 is 9.18 Å². The highest BCUT2D eigenvalue weighted by atomic mass is 19.1. The van der Waals surface area contributed by atoms with Crippen LogP contribution in [0, 0.1) is 17.1 Å². The summed E-state index contributed by atoms with van der Waals surface area (Å²) in [6, 6.07) is 19.5. The van der Waals surface area contributed by atoms with Crippen molar-refractivity contribution in [2.24, 2.45) is 0 Å². The summed E-state index contributed by atoms with van der Waals surface area (Å²) in [5, 5.41) is 19.5. The minimum absolute atomic E-state index is 0.274. The second-order valence-electron chi connectivity index (χ2n) is 8.58. The Kier molecular flexibility index (Phi) is 6.91. The smallest absolute Gasteiger partial charge is 0.255 e. The number of carbonyl (C=O) groups excluding carboxylic acids is 1. The minimum Gasteiger partial charge on any atom is -0.382 e. The van der Waals surface area contributed by atoms with E-state index in [2.05, 4.69) is 25.7 Å². The average Bonchev–Trinajstić information content (AvgIpc) is 3.39. The van der Waals surface area contributed by atoms with Crippen molar-refractivity contribution in [1.29, 1.82) is 5.26 Å². The highest BCUT2D eigenvalue weighted by Crippen LogP contribution is 2.28. The van der Waals surface area contributed by atoms with Crippen LogP contribution in [-0.2, 0) is 13.0 Å². The topological polar surface area (TPSA) is 134 Å². The zero-order chi connectivity index (χ0) is 26.5. The van der Waals surface area contributed by atoms with E-state index in [1.165, 1.54) is 30.7 Å². The molecule has 5 rings (SSSR count). The number of fused-ring (bicyclic) bond motifs is 1. The fourth-order valence-electron chi connectivity index (χ4n) is 4.11. The van der Waals surface area contributed by atoms with Crippen molar-refractivity contribution in [3.8, 4) is 17.2 Å². The molecule has 2 aromatic carbocycles. The van der Waals surface area contributed by atoms with Crippen LogP contribution in [0.25, 0.3) is 16.6 Å². The number of carbonyl (C=O) groups is 1. The van der Waals surface area contributed by atoms with Gasteiger partial charge in [-0.3, -0.25) is 4.79 Å². The molecule has 9 nitrogen and oxygen atoms in total. The summed E-state index contributed by atoms with van der Waals surface area (Å²) >= 11 is 0. The lowest BCUT2D eigenvalue weighted by atomic mass is 10.0. The Morgan fingerprint density at radius 2 is 1.82 bits per heavy atom. The number of aromatic nitrogens is 4. The highest BCUT2D eigenvalue weighted by molar-refractivity contribution is 5.99. The van der Waals surface area contributed by atoms with Crippen LogP contribution in [0.5, 0.6) is 0 Å². The van der Waals surface area contributed by atoms with E-state index in [1.807, 2.05) is 42.6 Å². The molecule has 38 heavy (non-hydrogen) atoms. The van der Waals surface area contributed by atoms with E-state index in [4.69, 9.17) is 5.73 Å². The van der Waals surface area contributed by atoms with Gasteiger partial charge in [0.25, 0.3) is 5.91 Å². The molecule has 10 heteroatoms. The fourth-order valence-corrected chi connectivity index (χ4v) is 4.11. The van der Waals surface area contributed by atoms with Crippen LogP contribution >= 0.6 is 0 Å². The van der Waals surface area contributed by atoms with Gasteiger partial charge in [-0.15, -0.1) is 0 Å². The number of amides is 1. The van der Waals surface area contributed by atoms with Crippen molar-refractivity contribution in [2.45, 2.75) is 13.0 Å². The van der Waals surface area contributed by atoms with E-state index in [1.54, 1.807) is 16.6 Å². The number of nitrogens with zero attached hydrogens (tertiary/aromatic N) is 5. The van der Waals surface area contributed by atoms with Crippen molar-refractivity contribution in [3.05, 3.63) is 107 Å². The first-order valence-corrected chi connectivity index (χ1v) is 11.9. The van der Waals surface area contributed by atoms with E-state index < -0.39 is 0 Å². The van der Waals surface area contributed by atoms with Gasteiger partial charge in [-0.05, 0) is 47.4 Å². The van der Waals surface area contributed by atoms with E-state index in [0.717, 1.165) is 27.8 Å².